The van der Waals surface area contributed by atoms with Crippen molar-refractivity contribution in [2.24, 2.45) is 0 Å². The van der Waals surface area contributed by atoms with Crippen LogP contribution >= 0.6 is 0 Å². The highest BCUT2D eigenvalue weighted by molar-refractivity contribution is 7.17. The molecule has 0 saturated carbocycles. The first-order chi connectivity index (χ1) is 1.41. The summed E-state index contributed by atoms with van der Waals surface area (Å²) < 4.78 is 0. The van der Waals surface area contributed by atoms with Crippen molar-refractivity contribution >= 4 is 43.5 Å². The van der Waals surface area contributed by atoms with E-state index in [0.717, 1.165) is 0 Å². The Kier molecular flexibility index (Phi) is 20.0. The van der Waals surface area contributed by atoms with Crippen molar-refractivity contribution < 1.29 is 0 Å². The molecule has 0 bridgehead atoms. The highest BCUT2D eigenvalue weighted by Crippen LogP contribution is 1.03. The minimum absolute atomic E-state index is 0. The molecule has 4 heteroatoms. The van der Waals surface area contributed by atoms with Crippen LogP contribution in [0.1, 0.15) is 0 Å². The molecule has 0 saturated heterocycles. The van der Waals surface area contributed by atoms with E-state index < -0.39 is 0 Å². The maximum Gasteiger partial charge on any atom is 0.187 e. The topological polar surface area (TPSA) is 0 Å². The van der Waals surface area contributed by atoms with Crippen LogP contribution in [-0.4, -0.2) is 43.5 Å². The van der Waals surface area contributed by atoms with E-state index in [0.29, 0.717) is 8.91 Å². The van der Waals surface area contributed by atoms with Crippen molar-refractivity contribution in [1.29, 1.82) is 0 Å². The molecule has 0 N–H and O–H groups in total. The van der Waals surface area contributed by atoms with Crippen LogP contribution in [0.15, 0.2) is 0 Å². The fourth-order valence-corrected chi connectivity index (χ4v) is 0. The summed E-state index contributed by atoms with van der Waals surface area (Å²) in [6.45, 7) is 0. The first kappa shape index (κ1) is 8.90. The van der Waals surface area contributed by atoms with E-state index >= 15 is 0 Å². The summed E-state index contributed by atoms with van der Waals surface area (Å²) in [7, 11) is 4.39. The molecule has 0 aromatic carbocycles. The third kappa shape index (κ3) is 11.8. The second kappa shape index (κ2) is 8.98. The molecule has 0 heterocycles. The lowest BCUT2D eigenvalue weighted by Gasteiger charge is -1.41. The second-order valence-corrected chi connectivity index (χ2v) is 6.36. The van der Waals surface area contributed by atoms with Crippen molar-refractivity contribution in [3.63, 3.8) is 0 Å². The van der Waals surface area contributed by atoms with Gasteiger partial charge in [-0.3, -0.25) is 0 Å². The Morgan fingerprint density at radius 1 is 1.75 bits per heavy atom. The average molecular weight is 104 g/mol. The highest BCUT2D eigenvalue weighted by atomic mass is 29.1. The smallest absolute Gasteiger partial charge is 0.0283 e. The largest absolute Gasteiger partial charge is 0.187 e. The summed E-state index contributed by atoms with van der Waals surface area (Å²) in [5, 5.41) is 0. The molecule has 0 aromatic rings. The summed E-state index contributed by atoms with van der Waals surface area (Å²) in [6.07, 6.45) is 0. The monoisotopic (exact) mass is 104 g/mol. The molecular formula is H10AlBSi2. The zero-order chi connectivity index (χ0) is 2.71. The Morgan fingerprint density at radius 3 is 1.75 bits per heavy atom. The lowest BCUT2D eigenvalue weighted by molar-refractivity contribution is 4.34. The first-order valence-electron chi connectivity index (χ1n) is 1.41. The molecule has 0 aliphatic heterocycles. The zero-order valence-electron chi connectivity index (χ0n) is 2.71. The van der Waals surface area contributed by atoms with Gasteiger partial charge in [-0.25, -0.2) is 0 Å². The van der Waals surface area contributed by atoms with E-state index in [-0.39, 0.29) is 17.4 Å². The molecule has 0 aliphatic carbocycles. The first-order valence-corrected chi connectivity index (χ1v) is 8.49. The van der Waals surface area contributed by atoms with Crippen LogP contribution in [-0.2, 0) is 0 Å². The quantitative estimate of drug-likeness (QED) is 0.273. The molecule has 0 radical (unpaired) electrons. The number of hydrogen-bond donors (Lipinski definition) is 0. The van der Waals surface area contributed by atoms with Gasteiger partial charge in [-0.2, -0.15) is 0 Å². The van der Waals surface area contributed by atoms with Gasteiger partial charge in [0.05, 0.1) is 7.44 Å². The molecule has 0 nitrogen and oxygen atoms in total. The van der Waals surface area contributed by atoms with Gasteiger partial charge in [-0.05, 0) is 18.7 Å². The van der Waals surface area contributed by atoms with Gasteiger partial charge in [-0.1, -0.05) is 0 Å². The molecule has 0 aliphatic rings. The van der Waals surface area contributed by atoms with Gasteiger partial charge in [0.15, 0.2) is 17.4 Å². The second-order valence-electron chi connectivity index (χ2n) is 0.707. The Balaban J connectivity index is 0. The molecule has 0 aromatic heterocycles. The SMILES string of the molecule is B[SiH2][SiH3].[AlH3]. The van der Waals surface area contributed by atoms with E-state index in [1.807, 2.05) is 0 Å². The Morgan fingerprint density at radius 2 is 1.75 bits per heavy atom. The van der Waals surface area contributed by atoms with Crippen molar-refractivity contribution in [2.75, 3.05) is 0 Å². The van der Waals surface area contributed by atoms with E-state index in [1.165, 1.54) is 9.76 Å². The summed E-state index contributed by atoms with van der Waals surface area (Å²) in [4.78, 5) is 0. The van der Waals surface area contributed by atoms with Crippen molar-refractivity contribution in [3.8, 4) is 0 Å². The molecule has 4 heavy (non-hydrogen) atoms. The summed E-state index contributed by atoms with van der Waals surface area (Å²) >= 11 is 0. The minimum Gasteiger partial charge on any atom is -0.0283 e. The van der Waals surface area contributed by atoms with Crippen molar-refractivity contribution in [2.45, 2.75) is 0 Å². The fourth-order valence-electron chi connectivity index (χ4n) is 0. The van der Waals surface area contributed by atoms with Crippen molar-refractivity contribution in [1.82, 2.24) is 0 Å². The van der Waals surface area contributed by atoms with E-state index in [9.17, 15) is 0 Å². The minimum atomic E-state index is 0. The molecule has 0 rings (SSSR count). The summed E-state index contributed by atoms with van der Waals surface area (Å²) in [5.41, 5.74) is 0. The van der Waals surface area contributed by atoms with Crippen LogP contribution in [0.5, 0.6) is 0 Å². The standard InChI is InChI=1S/Al.BH7Si2.3H/c;1-3-2;;;/h;1,3H2,2H3;;;. The predicted octanol–water partition coefficient (Wildman–Crippen LogP) is -4.20. The lowest BCUT2D eigenvalue weighted by Crippen LogP contribution is -1.79. The normalized spacial score (nSPS) is 8.00. The fraction of sp³-hybridized carbons (Fsp3) is 0. The number of hydrogen-bond acceptors (Lipinski definition) is 0. The Labute approximate surface area is 43.9 Å². The van der Waals surface area contributed by atoms with Gasteiger partial charge in [-0.15, -0.1) is 0 Å². The van der Waals surface area contributed by atoms with Crippen LogP contribution < -0.4 is 0 Å². The third-order valence-corrected chi connectivity index (χ3v) is 0. The summed E-state index contributed by atoms with van der Waals surface area (Å²) in [5.74, 6) is 0. The average Bonchev–Trinajstić information content (AvgIpc) is 0.918. The van der Waals surface area contributed by atoms with Crippen LogP contribution in [0.3, 0.4) is 0 Å². The molecule has 24 valence electrons. The van der Waals surface area contributed by atoms with Gasteiger partial charge >= 0.3 is 0 Å². The Bertz CT molecular complexity index is 6.00. The lowest BCUT2D eigenvalue weighted by atomic mass is 10.8. The van der Waals surface area contributed by atoms with Crippen molar-refractivity contribution in [3.05, 3.63) is 0 Å². The van der Waals surface area contributed by atoms with Gasteiger partial charge in [0, 0.05) is 0 Å². The van der Waals surface area contributed by atoms with Crippen LogP contribution in [0.25, 0.3) is 0 Å². The van der Waals surface area contributed by atoms with Gasteiger partial charge in [0.2, 0.25) is 0 Å². The molecule has 0 spiro atoms. The van der Waals surface area contributed by atoms with E-state index in [1.54, 1.807) is 0 Å². The zero-order valence-corrected chi connectivity index (χ0v) is 6.12. The van der Waals surface area contributed by atoms with E-state index in [2.05, 4.69) is 7.44 Å². The molecule has 0 atom stereocenters. The maximum absolute atomic E-state index is 2.33. The van der Waals surface area contributed by atoms with Crippen LogP contribution in [0.2, 0.25) is 0 Å². The third-order valence-electron chi connectivity index (χ3n) is 0. The van der Waals surface area contributed by atoms with Crippen LogP contribution in [0.4, 0.5) is 0 Å². The molecule has 0 fully saturated rings. The Hall–Kier alpha value is 1.03. The molecular weight excluding hydrogens is 94.0 g/mol. The number of rotatable bonds is 0. The highest BCUT2D eigenvalue weighted by Gasteiger charge is 1.42. The van der Waals surface area contributed by atoms with Gasteiger partial charge in [0.25, 0.3) is 0 Å². The summed E-state index contributed by atoms with van der Waals surface area (Å²) in [6, 6.07) is 0. The van der Waals surface area contributed by atoms with Gasteiger partial charge in [0.1, 0.15) is 0 Å². The van der Waals surface area contributed by atoms with Crippen LogP contribution in [0, 0.1) is 0 Å². The molecule has 0 unspecified atom stereocenters. The predicted molar refractivity (Wildman–Crippen MR) is 37.0 cm³/mol. The molecule has 0 amide bonds. The van der Waals surface area contributed by atoms with E-state index in [4.69, 9.17) is 0 Å². The maximum atomic E-state index is 2.33. The van der Waals surface area contributed by atoms with Gasteiger partial charge < -0.3 is 0 Å².